The summed E-state index contributed by atoms with van der Waals surface area (Å²) in [6.07, 6.45) is 11.6. The van der Waals surface area contributed by atoms with E-state index >= 15 is 0 Å². The molecule has 25 heavy (non-hydrogen) atoms. The van der Waals surface area contributed by atoms with Crippen molar-refractivity contribution >= 4 is 17.2 Å². The van der Waals surface area contributed by atoms with Gasteiger partial charge in [-0.1, -0.05) is 25.8 Å². The summed E-state index contributed by atoms with van der Waals surface area (Å²) in [6, 6.07) is 6.21. The zero-order chi connectivity index (χ0) is 17.8. The summed E-state index contributed by atoms with van der Waals surface area (Å²) in [4.78, 5) is 14.2. The molecule has 1 aliphatic carbocycles. The van der Waals surface area contributed by atoms with Crippen molar-refractivity contribution in [1.82, 2.24) is 5.32 Å². The van der Waals surface area contributed by atoms with E-state index in [-0.39, 0.29) is 12.0 Å². The molecular weight excluding hydrogens is 312 g/mol. The lowest BCUT2D eigenvalue weighted by atomic mass is 10.0. The number of nitrogens with one attached hydrogen (secondary N) is 1. The molecule has 4 nitrogen and oxygen atoms in total. The van der Waals surface area contributed by atoms with Crippen molar-refractivity contribution < 1.29 is 9.53 Å². The Morgan fingerprint density at radius 3 is 2.88 bits per heavy atom. The minimum absolute atomic E-state index is 0.0737. The number of carbonyl (C=O) groups is 1. The Balaban J connectivity index is 1.81. The quantitative estimate of drug-likeness (QED) is 0.796. The van der Waals surface area contributed by atoms with Gasteiger partial charge in [0, 0.05) is 43.0 Å². The van der Waals surface area contributed by atoms with E-state index in [9.17, 15) is 4.79 Å². The maximum absolute atomic E-state index is 12.1. The van der Waals surface area contributed by atoms with Crippen LogP contribution in [0, 0.1) is 0 Å². The maximum atomic E-state index is 12.1. The summed E-state index contributed by atoms with van der Waals surface area (Å²) >= 11 is 0. The Labute approximate surface area is 149 Å². The molecule has 0 saturated carbocycles. The van der Waals surface area contributed by atoms with E-state index in [0.29, 0.717) is 6.42 Å². The van der Waals surface area contributed by atoms with Gasteiger partial charge < -0.3 is 15.0 Å². The molecule has 3 rings (SSSR count). The molecule has 1 heterocycles. The molecule has 1 amide bonds. The molecule has 0 saturated heterocycles. The molecule has 1 N–H and O–H groups in total. The molecule has 0 aromatic heterocycles. The van der Waals surface area contributed by atoms with Crippen LogP contribution in [0.25, 0.3) is 5.57 Å². The number of anilines is 1. The molecule has 1 aromatic rings. The number of allylic oxidation sites excluding steroid dienone is 3. The summed E-state index contributed by atoms with van der Waals surface area (Å²) in [5.74, 6) is 0.964. The van der Waals surface area contributed by atoms with Crippen molar-refractivity contribution in [1.29, 1.82) is 0 Å². The second-order valence-electron chi connectivity index (χ2n) is 6.73. The molecule has 0 spiro atoms. The van der Waals surface area contributed by atoms with Crippen molar-refractivity contribution in [3.05, 3.63) is 53.8 Å². The predicted molar refractivity (Wildman–Crippen MR) is 103 cm³/mol. The van der Waals surface area contributed by atoms with Gasteiger partial charge in [-0.3, -0.25) is 4.79 Å². The summed E-state index contributed by atoms with van der Waals surface area (Å²) < 4.78 is 6.04. The van der Waals surface area contributed by atoms with E-state index in [1.54, 1.807) is 0 Å². The van der Waals surface area contributed by atoms with Crippen molar-refractivity contribution in [2.45, 2.75) is 38.7 Å². The van der Waals surface area contributed by atoms with Crippen LogP contribution < -0.4 is 15.0 Å². The number of nitrogens with zero attached hydrogens (tertiary/aromatic N) is 1. The molecule has 2 aliphatic rings. The Hall–Kier alpha value is -2.49. The average molecular weight is 338 g/mol. The van der Waals surface area contributed by atoms with Crippen LogP contribution >= 0.6 is 0 Å². The van der Waals surface area contributed by atoms with Crippen LogP contribution in [-0.2, 0) is 4.79 Å². The molecule has 132 valence electrons. The first-order valence-electron chi connectivity index (χ1n) is 8.97. The molecule has 4 heteroatoms. The van der Waals surface area contributed by atoms with E-state index in [4.69, 9.17) is 4.74 Å². The highest BCUT2D eigenvalue weighted by atomic mass is 16.5. The molecule has 1 aliphatic heterocycles. The van der Waals surface area contributed by atoms with E-state index < -0.39 is 0 Å². The van der Waals surface area contributed by atoms with Crippen LogP contribution in [0.5, 0.6) is 5.75 Å². The van der Waals surface area contributed by atoms with Crippen LogP contribution in [0.2, 0.25) is 0 Å². The Morgan fingerprint density at radius 1 is 1.28 bits per heavy atom. The minimum Gasteiger partial charge on any atom is -0.481 e. The van der Waals surface area contributed by atoms with Gasteiger partial charge in [-0.05, 0) is 42.8 Å². The smallest absolute Gasteiger partial charge is 0.224 e. The van der Waals surface area contributed by atoms with Gasteiger partial charge in [-0.15, -0.1) is 0 Å². The first-order valence-corrected chi connectivity index (χ1v) is 8.97. The monoisotopic (exact) mass is 338 g/mol. The van der Waals surface area contributed by atoms with Gasteiger partial charge in [0.25, 0.3) is 0 Å². The van der Waals surface area contributed by atoms with Crippen LogP contribution in [0.15, 0.2) is 48.2 Å². The fourth-order valence-corrected chi connectivity index (χ4v) is 3.09. The van der Waals surface area contributed by atoms with E-state index in [0.717, 1.165) is 47.5 Å². The van der Waals surface area contributed by atoms with Gasteiger partial charge in [0.1, 0.15) is 11.9 Å². The fraction of sp³-hybridized carbons (Fsp3) is 0.381. The Bertz CT molecular complexity index is 744. The van der Waals surface area contributed by atoms with Crippen molar-refractivity contribution in [3.63, 3.8) is 0 Å². The van der Waals surface area contributed by atoms with Gasteiger partial charge >= 0.3 is 0 Å². The second-order valence-corrected chi connectivity index (χ2v) is 6.73. The van der Waals surface area contributed by atoms with E-state index in [2.05, 4.69) is 29.3 Å². The largest absolute Gasteiger partial charge is 0.481 e. The number of amides is 1. The van der Waals surface area contributed by atoms with Gasteiger partial charge in [0.2, 0.25) is 5.91 Å². The number of unbranched alkanes of at least 4 members (excludes halogenated alkanes) is 2. The van der Waals surface area contributed by atoms with Gasteiger partial charge in [0.05, 0.1) is 0 Å². The number of hydrogen-bond donors (Lipinski definition) is 1. The van der Waals surface area contributed by atoms with Gasteiger partial charge in [-0.25, -0.2) is 0 Å². The molecule has 1 aromatic carbocycles. The summed E-state index contributed by atoms with van der Waals surface area (Å²) in [6.45, 7) is 2.14. The number of rotatable bonds is 6. The van der Waals surface area contributed by atoms with Crippen molar-refractivity contribution in [2.75, 3.05) is 19.0 Å². The molecule has 1 atom stereocenters. The van der Waals surface area contributed by atoms with E-state index in [1.165, 1.54) is 0 Å². The number of fused-ring (bicyclic) bond motifs is 3. The van der Waals surface area contributed by atoms with Crippen LogP contribution in [-0.4, -0.2) is 26.1 Å². The molecule has 0 radical (unpaired) electrons. The van der Waals surface area contributed by atoms with Crippen LogP contribution in [0.4, 0.5) is 5.69 Å². The molecular formula is C21H26N2O2. The second kappa shape index (κ2) is 7.60. The number of benzene rings is 1. The highest BCUT2D eigenvalue weighted by Crippen LogP contribution is 2.41. The maximum Gasteiger partial charge on any atom is 0.224 e. The molecule has 0 fully saturated rings. The van der Waals surface area contributed by atoms with E-state index in [1.807, 2.05) is 44.5 Å². The number of ether oxygens (including phenoxy) is 1. The fourth-order valence-electron chi connectivity index (χ4n) is 3.09. The zero-order valence-electron chi connectivity index (χ0n) is 15.2. The lowest BCUT2D eigenvalue weighted by molar-refractivity contribution is -0.120. The Kier molecular flexibility index (Phi) is 5.27. The lowest BCUT2D eigenvalue weighted by Gasteiger charge is -2.13. The Morgan fingerprint density at radius 2 is 2.12 bits per heavy atom. The average Bonchev–Trinajstić information content (AvgIpc) is 2.79. The number of hydrogen-bond acceptors (Lipinski definition) is 3. The lowest BCUT2D eigenvalue weighted by Crippen LogP contribution is -2.21. The first kappa shape index (κ1) is 17.3. The highest BCUT2D eigenvalue weighted by Gasteiger charge is 2.28. The summed E-state index contributed by atoms with van der Waals surface area (Å²) in [5.41, 5.74) is 4.13. The minimum atomic E-state index is -0.0989. The molecule has 0 bridgehead atoms. The number of carbonyl (C=O) groups excluding carboxylic acids is 1. The first-order chi connectivity index (χ1) is 12.1. The summed E-state index contributed by atoms with van der Waals surface area (Å²) in [5, 5.41) is 3.03. The van der Waals surface area contributed by atoms with Crippen LogP contribution in [0.1, 0.15) is 38.2 Å². The predicted octanol–water partition coefficient (Wildman–Crippen LogP) is 4.05. The third kappa shape index (κ3) is 3.95. The standard InChI is InChI=1S/C21H26N2O2/c1-4-5-6-10-21(24)22-15-8-7-9-19-17(13-15)18-14-16(23(2)3)11-12-20(18)25-19/h7-9,11-14,19H,4-6,10H2,1-3H3,(H,22,24). The van der Waals surface area contributed by atoms with Crippen molar-refractivity contribution in [3.8, 4) is 5.75 Å². The van der Waals surface area contributed by atoms with Gasteiger partial charge in [-0.2, -0.15) is 0 Å². The third-order valence-corrected chi connectivity index (χ3v) is 4.51. The van der Waals surface area contributed by atoms with Crippen LogP contribution in [0.3, 0.4) is 0 Å². The van der Waals surface area contributed by atoms with Gasteiger partial charge in [0.15, 0.2) is 0 Å². The molecule has 1 unspecified atom stereocenters. The topological polar surface area (TPSA) is 41.6 Å². The third-order valence-electron chi connectivity index (χ3n) is 4.51. The summed E-state index contributed by atoms with van der Waals surface area (Å²) in [7, 11) is 4.05. The zero-order valence-corrected chi connectivity index (χ0v) is 15.2. The SMILES string of the molecule is CCCCCC(=O)NC1=CC=CC2Oc3ccc(N(C)C)cc3C2=C1. The highest BCUT2D eigenvalue weighted by molar-refractivity contribution is 5.85. The van der Waals surface area contributed by atoms with Crippen molar-refractivity contribution in [2.24, 2.45) is 0 Å². The normalized spacial score (nSPS) is 17.6.